The zero-order valence-electron chi connectivity index (χ0n) is 10.0. The summed E-state index contributed by atoms with van der Waals surface area (Å²) in [5, 5.41) is 12.1. The van der Waals surface area contributed by atoms with E-state index in [9.17, 15) is 4.39 Å². The first-order chi connectivity index (χ1) is 8.69. The van der Waals surface area contributed by atoms with Gasteiger partial charge in [-0.2, -0.15) is 5.26 Å². The third-order valence-corrected chi connectivity index (χ3v) is 2.72. The molecule has 0 aliphatic rings. The lowest BCUT2D eigenvalue weighted by Gasteiger charge is -2.15. The van der Waals surface area contributed by atoms with E-state index in [0.29, 0.717) is 5.56 Å². The predicted molar refractivity (Wildman–Crippen MR) is 69.6 cm³/mol. The molecule has 0 saturated heterocycles. The van der Waals surface area contributed by atoms with E-state index in [4.69, 9.17) is 5.26 Å². The number of hydrogen-bond donors (Lipinski definition) is 1. The summed E-state index contributed by atoms with van der Waals surface area (Å²) in [5.41, 5.74) is 2.33. The van der Waals surface area contributed by atoms with Gasteiger partial charge in [-0.1, -0.05) is 18.2 Å². The standard InChI is InChI=1S/C15H13FN2/c1-11(13-5-3-6-14(16)9-13)18-15-7-2-4-12(8-15)10-17/h2-9,11,18H,1H3. The van der Waals surface area contributed by atoms with Crippen molar-refractivity contribution in [2.45, 2.75) is 13.0 Å². The molecule has 2 rings (SSSR count). The molecule has 0 saturated carbocycles. The van der Waals surface area contributed by atoms with Crippen LogP contribution in [0.4, 0.5) is 10.1 Å². The zero-order chi connectivity index (χ0) is 13.0. The summed E-state index contributed by atoms with van der Waals surface area (Å²) in [6.07, 6.45) is 0. The van der Waals surface area contributed by atoms with Crippen LogP contribution >= 0.6 is 0 Å². The molecule has 1 atom stereocenters. The van der Waals surface area contributed by atoms with Crippen molar-refractivity contribution < 1.29 is 4.39 Å². The van der Waals surface area contributed by atoms with E-state index in [1.807, 2.05) is 25.1 Å². The van der Waals surface area contributed by atoms with Gasteiger partial charge in [0.1, 0.15) is 5.82 Å². The van der Waals surface area contributed by atoms with E-state index in [1.54, 1.807) is 18.2 Å². The van der Waals surface area contributed by atoms with Gasteiger partial charge in [-0.25, -0.2) is 4.39 Å². The molecule has 90 valence electrons. The minimum Gasteiger partial charge on any atom is -0.378 e. The van der Waals surface area contributed by atoms with E-state index >= 15 is 0 Å². The third-order valence-electron chi connectivity index (χ3n) is 2.72. The van der Waals surface area contributed by atoms with Crippen molar-refractivity contribution in [3.63, 3.8) is 0 Å². The molecule has 1 N–H and O–H groups in total. The first kappa shape index (κ1) is 12.1. The fraction of sp³-hybridized carbons (Fsp3) is 0.133. The molecule has 18 heavy (non-hydrogen) atoms. The highest BCUT2D eigenvalue weighted by Gasteiger charge is 2.06. The molecule has 3 heteroatoms. The second kappa shape index (κ2) is 5.33. The van der Waals surface area contributed by atoms with E-state index in [0.717, 1.165) is 11.3 Å². The second-order valence-electron chi connectivity index (χ2n) is 4.11. The smallest absolute Gasteiger partial charge is 0.123 e. The number of benzene rings is 2. The van der Waals surface area contributed by atoms with Crippen LogP contribution in [0.1, 0.15) is 24.1 Å². The van der Waals surface area contributed by atoms with Crippen LogP contribution in [-0.2, 0) is 0 Å². The van der Waals surface area contributed by atoms with Crippen LogP contribution in [0.25, 0.3) is 0 Å². The highest BCUT2D eigenvalue weighted by molar-refractivity contribution is 5.50. The molecule has 0 heterocycles. The van der Waals surface area contributed by atoms with Gasteiger partial charge in [-0.15, -0.1) is 0 Å². The third kappa shape index (κ3) is 2.86. The number of hydrogen-bond acceptors (Lipinski definition) is 2. The maximum Gasteiger partial charge on any atom is 0.123 e. The van der Waals surface area contributed by atoms with Gasteiger partial charge >= 0.3 is 0 Å². The molecule has 2 nitrogen and oxygen atoms in total. The summed E-state index contributed by atoms with van der Waals surface area (Å²) in [6.45, 7) is 1.95. The lowest BCUT2D eigenvalue weighted by atomic mass is 10.1. The Bertz CT molecular complexity index is 587. The Kier molecular flexibility index (Phi) is 3.59. The van der Waals surface area contributed by atoms with Crippen LogP contribution in [0.15, 0.2) is 48.5 Å². The summed E-state index contributed by atoms with van der Waals surface area (Å²) in [5.74, 6) is -0.244. The van der Waals surface area contributed by atoms with Crippen LogP contribution in [-0.4, -0.2) is 0 Å². The molecular weight excluding hydrogens is 227 g/mol. The maximum atomic E-state index is 13.1. The molecule has 0 aliphatic heterocycles. The fourth-order valence-electron chi connectivity index (χ4n) is 1.79. The van der Waals surface area contributed by atoms with Crippen LogP contribution < -0.4 is 5.32 Å². The Hall–Kier alpha value is -2.34. The fourth-order valence-corrected chi connectivity index (χ4v) is 1.79. The highest BCUT2D eigenvalue weighted by atomic mass is 19.1. The molecule has 2 aromatic rings. The average Bonchev–Trinajstić information content (AvgIpc) is 2.39. The van der Waals surface area contributed by atoms with E-state index < -0.39 is 0 Å². The summed E-state index contributed by atoms with van der Waals surface area (Å²) in [4.78, 5) is 0. The molecule has 0 amide bonds. The lowest BCUT2D eigenvalue weighted by Crippen LogP contribution is -2.06. The normalized spacial score (nSPS) is 11.6. The van der Waals surface area contributed by atoms with Crippen LogP contribution in [0.2, 0.25) is 0 Å². The number of nitrogens with one attached hydrogen (secondary N) is 1. The number of anilines is 1. The van der Waals surface area contributed by atoms with Gasteiger partial charge in [0, 0.05) is 11.7 Å². The van der Waals surface area contributed by atoms with Crippen LogP contribution in [0.5, 0.6) is 0 Å². The Morgan fingerprint density at radius 3 is 2.67 bits per heavy atom. The van der Waals surface area contributed by atoms with Crippen LogP contribution in [0.3, 0.4) is 0 Å². The van der Waals surface area contributed by atoms with Gasteiger partial charge in [-0.05, 0) is 42.8 Å². The molecule has 0 aliphatic carbocycles. The van der Waals surface area contributed by atoms with Crippen molar-refractivity contribution >= 4 is 5.69 Å². The molecular formula is C15H13FN2. The van der Waals surface area contributed by atoms with Gasteiger partial charge in [0.05, 0.1) is 11.6 Å². The zero-order valence-corrected chi connectivity index (χ0v) is 10.0. The molecule has 0 bridgehead atoms. The number of rotatable bonds is 3. The number of nitrogens with zero attached hydrogens (tertiary/aromatic N) is 1. The first-order valence-corrected chi connectivity index (χ1v) is 5.71. The van der Waals surface area contributed by atoms with Crippen molar-refractivity contribution in [1.82, 2.24) is 0 Å². The number of nitriles is 1. The highest BCUT2D eigenvalue weighted by Crippen LogP contribution is 2.20. The Labute approximate surface area is 106 Å². The van der Waals surface area contributed by atoms with Crippen molar-refractivity contribution in [2.75, 3.05) is 5.32 Å². The lowest BCUT2D eigenvalue weighted by molar-refractivity contribution is 0.623. The topological polar surface area (TPSA) is 35.8 Å². The molecule has 0 spiro atoms. The van der Waals surface area contributed by atoms with Crippen molar-refractivity contribution in [3.05, 3.63) is 65.5 Å². The predicted octanol–water partition coefficient (Wildman–Crippen LogP) is 3.87. The van der Waals surface area contributed by atoms with Gasteiger partial charge < -0.3 is 5.32 Å². The first-order valence-electron chi connectivity index (χ1n) is 5.71. The summed E-state index contributed by atoms with van der Waals surface area (Å²) >= 11 is 0. The second-order valence-corrected chi connectivity index (χ2v) is 4.11. The Balaban J connectivity index is 2.16. The monoisotopic (exact) mass is 240 g/mol. The van der Waals surface area contributed by atoms with Gasteiger partial charge in [0.25, 0.3) is 0 Å². The van der Waals surface area contributed by atoms with Crippen molar-refractivity contribution in [2.24, 2.45) is 0 Å². The summed E-state index contributed by atoms with van der Waals surface area (Å²) in [7, 11) is 0. The van der Waals surface area contributed by atoms with Gasteiger partial charge in [0.15, 0.2) is 0 Å². The van der Waals surface area contributed by atoms with Gasteiger partial charge in [-0.3, -0.25) is 0 Å². The molecule has 2 aromatic carbocycles. The Morgan fingerprint density at radius 2 is 1.94 bits per heavy atom. The summed E-state index contributed by atoms with van der Waals surface area (Å²) < 4.78 is 13.1. The Morgan fingerprint density at radius 1 is 1.17 bits per heavy atom. The maximum absolute atomic E-state index is 13.1. The van der Waals surface area contributed by atoms with E-state index in [2.05, 4.69) is 11.4 Å². The van der Waals surface area contributed by atoms with Crippen LogP contribution in [0, 0.1) is 17.1 Å². The van der Waals surface area contributed by atoms with Gasteiger partial charge in [0.2, 0.25) is 0 Å². The largest absolute Gasteiger partial charge is 0.378 e. The SMILES string of the molecule is CC(Nc1cccc(C#N)c1)c1cccc(F)c1. The van der Waals surface area contributed by atoms with Crippen molar-refractivity contribution in [3.8, 4) is 6.07 Å². The molecule has 0 radical (unpaired) electrons. The summed E-state index contributed by atoms with van der Waals surface area (Å²) in [6, 6.07) is 15.8. The molecule has 1 unspecified atom stereocenters. The molecule has 0 aromatic heterocycles. The van der Waals surface area contributed by atoms with E-state index in [-0.39, 0.29) is 11.9 Å². The average molecular weight is 240 g/mol. The molecule has 0 fully saturated rings. The quantitative estimate of drug-likeness (QED) is 0.884. The minimum absolute atomic E-state index is 0.0188. The van der Waals surface area contributed by atoms with Crippen molar-refractivity contribution in [1.29, 1.82) is 5.26 Å². The minimum atomic E-state index is -0.244. The number of halogens is 1. The van der Waals surface area contributed by atoms with E-state index in [1.165, 1.54) is 12.1 Å².